The Bertz CT molecular complexity index is 355. The lowest BCUT2D eigenvalue weighted by molar-refractivity contribution is -0.119. The number of ether oxygens (including phenoxy) is 1. The molecule has 1 aromatic carbocycles. The van der Waals surface area contributed by atoms with Crippen LogP contribution in [-0.2, 0) is 11.3 Å². The van der Waals surface area contributed by atoms with E-state index in [1.807, 2.05) is 18.2 Å². The zero-order chi connectivity index (χ0) is 11.3. The molecule has 0 fully saturated rings. The van der Waals surface area contributed by atoms with Crippen LogP contribution < -0.4 is 15.8 Å². The van der Waals surface area contributed by atoms with E-state index in [1.165, 1.54) is 0 Å². The summed E-state index contributed by atoms with van der Waals surface area (Å²) in [6.07, 6.45) is 0. The molecule has 15 heavy (non-hydrogen) atoms. The lowest BCUT2D eigenvalue weighted by Gasteiger charge is -2.09. The second-order valence-electron chi connectivity index (χ2n) is 2.94. The number of rotatable bonds is 4. The number of carbonyl (C=O) groups excluding carboxylic acids is 1. The number of halogens is 1. The standard InChI is InChI=1S/C10H13BrN2O2/c1-15-9-3-2-8(11)4-7(9)6-13-10(14)5-12/h2-4H,5-6,12H2,1H3,(H,13,14). The highest BCUT2D eigenvalue weighted by Gasteiger charge is 2.04. The Kier molecular flexibility index (Phi) is 4.58. The number of hydrogen-bond acceptors (Lipinski definition) is 3. The summed E-state index contributed by atoms with van der Waals surface area (Å²) >= 11 is 3.36. The molecule has 0 atom stereocenters. The lowest BCUT2D eigenvalue weighted by Crippen LogP contribution is -2.29. The average Bonchev–Trinajstić information content (AvgIpc) is 2.26. The Morgan fingerprint density at radius 2 is 2.33 bits per heavy atom. The first kappa shape index (κ1) is 12.0. The molecule has 0 bridgehead atoms. The van der Waals surface area contributed by atoms with Gasteiger partial charge in [-0.1, -0.05) is 15.9 Å². The summed E-state index contributed by atoms with van der Waals surface area (Å²) in [4.78, 5) is 11.0. The number of nitrogens with one attached hydrogen (secondary N) is 1. The summed E-state index contributed by atoms with van der Waals surface area (Å²) in [5.74, 6) is 0.563. The van der Waals surface area contributed by atoms with Crippen LogP contribution >= 0.6 is 15.9 Å². The molecule has 82 valence electrons. The van der Waals surface area contributed by atoms with Crippen LogP contribution in [0.5, 0.6) is 5.75 Å². The molecular weight excluding hydrogens is 260 g/mol. The van der Waals surface area contributed by atoms with E-state index in [2.05, 4.69) is 21.2 Å². The SMILES string of the molecule is COc1ccc(Br)cc1CNC(=O)CN. The maximum atomic E-state index is 11.0. The molecule has 4 nitrogen and oxygen atoms in total. The van der Waals surface area contributed by atoms with Crippen LogP contribution in [0.25, 0.3) is 0 Å². The third kappa shape index (κ3) is 3.53. The van der Waals surface area contributed by atoms with Gasteiger partial charge in [-0.15, -0.1) is 0 Å². The lowest BCUT2D eigenvalue weighted by atomic mass is 10.2. The fraction of sp³-hybridized carbons (Fsp3) is 0.300. The topological polar surface area (TPSA) is 64.3 Å². The van der Waals surface area contributed by atoms with Crippen LogP contribution in [0.4, 0.5) is 0 Å². The van der Waals surface area contributed by atoms with Crippen molar-refractivity contribution in [2.45, 2.75) is 6.54 Å². The van der Waals surface area contributed by atoms with E-state index in [-0.39, 0.29) is 12.5 Å². The van der Waals surface area contributed by atoms with E-state index < -0.39 is 0 Å². The fourth-order valence-corrected chi connectivity index (χ4v) is 1.56. The predicted octanol–water partition coefficient (Wildman–Crippen LogP) is 1.03. The number of nitrogens with two attached hydrogens (primary N) is 1. The fourth-order valence-electron chi connectivity index (χ4n) is 1.15. The quantitative estimate of drug-likeness (QED) is 0.861. The smallest absolute Gasteiger partial charge is 0.234 e. The number of methoxy groups -OCH3 is 1. The van der Waals surface area contributed by atoms with Crippen LogP contribution in [0.2, 0.25) is 0 Å². The summed E-state index contributed by atoms with van der Waals surface area (Å²) in [5, 5.41) is 2.69. The number of benzene rings is 1. The molecule has 0 saturated heterocycles. The highest BCUT2D eigenvalue weighted by molar-refractivity contribution is 9.10. The zero-order valence-corrected chi connectivity index (χ0v) is 10.0. The van der Waals surface area contributed by atoms with Crippen molar-refractivity contribution in [3.05, 3.63) is 28.2 Å². The molecule has 3 N–H and O–H groups in total. The third-order valence-electron chi connectivity index (χ3n) is 1.90. The molecule has 0 spiro atoms. The molecule has 1 aromatic rings. The molecule has 0 aliphatic heterocycles. The van der Waals surface area contributed by atoms with Crippen molar-refractivity contribution in [1.82, 2.24) is 5.32 Å². The van der Waals surface area contributed by atoms with Gasteiger partial charge in [0.15, 0.2) is 0 Å². The van der Waals surface area contributed by atoms with Crippen LogP contribution in [0, 0.1) is 0 Å². The summed E-state index contributed by atoms with van der Waals surface area (Å²) in [7, 11) is 1.59. The summed E-state index contributed by atoms with van der Waals surface area (Å²) in [6, 6.07) is 5.62. The predicted molar refractivity (Wildman–Crippen MR) is 61.6 cm³/mol. The molecule has 1 rings (SSSR count). The summed E-state index contributed by atoms with van der Waals surface area (Å²) < 4.78 is 6.11. The number of amides is 1. The molecule has 0 aromatic heterocycles. The number of carbonyl (C=O) groups is 1. The van der Waals surface area contributed by atoms with Gasteiger partial charge in [-0.25, -0.2) is 0 Å². The van der Waals surface area contributed by atoms with Gasteiger partial charge >= 0.3 is 0 Å². The van der Waals surface area contributed by atoms with Crippen molar-refractivity contribution in [2.75, 3.05) is 13.7 Å². The van der Waals surface area contributed by atoms with Gasteiger partial charge < -0.3 is 15.8 Å². The van der Waals surface area contributed by atoms with Crippen molar-refractivity contribution < 1.29 is 9.53 Å². The van der Waals surface area contributed by atoms with E-state index in [1.54, 1.807) is 7.11 Å². The van der Waals surface area contributed by atoms with Crippen molar-refractivity contribution >= 4 is 21.8 Å². The largest absolute Gasteiger partial charge is 0.496 e. The first-order valence-electron chi connectivity index (χ1n) is 4.46. The molecule has 0 heterocycles. The Balaban J connectivity index is 2.74. The maximum absolute atomic E-state index is 11.0. The summed E-state index contributed by atoms with van der Waals surface area (Å²) in [5.41, 5.74) is 6.09. The minimum Gasteiger partial charge on any atom is -0.496 e. The van der Waals surface area contributed by atoms with Crippen LogP contribution in [-0.4, -0.2) is 19.6 Å². The molecule has 0 unspecified atom stereocenters. The molecule has 0 aliphatic rings. The maximum Gasteiger partial charge on any atom is 0.234 e. The Morgan fingerprint density at radius 1 is 1.60 bits per heavy atom. The van der Waals surface area contributed by atoms with E-state index in [4.69, 9.17) is 10.5 Å². The molecule has 1 amide bonds. The van der Waals surface area contributed by atoms with Gasteiger partial charge in [0.05, 0.1) is 13.7 Å². The third-order valence-corrected chi connectivity index (χ3v) is 2.40. The highest BCUT2D eigenvalue weighted by atomic mass is 79.9. The Labute approximate surface area is 96.9 Å². The molecular formula is C10H13BrN2O2. The minimum atomic E-state index is -0.183. The van der Waals surface area contributed by atoms with Crippen molar-refractivity contribution in [3.63, 3.8) is 0 Å². The van der Waals surface area contributed by atoms with Gasteiger partial charge in [0, 0.05) is 16.6 Å². The molecule has 5 heteroatoms. The first-order valence-corrected chi connectivity index (χ1v) is 5.26. The van der Waals surface area contributed by atoms with E-state index in [9.17, 15) is 4.79 Å². The van der Waals surface area contributed by atoms with E-state index >= 15 is 0 Å². The van der Waals surface area contributed by atoms with E-state index in [0.29, 0.717) is 6.54 Å². The second-order valence-corrected chi connectivity index (χ2v) is 3.85. The van der Waals surface area contributed by atoms with Gasteiger partial charge in [-0.05, 0) is 18.2 Å². The summed E-state index contributed by atoms with van der Waals surface area (Å²) in [6.45, 7) is 0.412. The monoisotopic (exact) mass is 272 g/mol. The van der Waals surface area contributed by atoms with Crippen molar-refractivity contribution in [3.8, 4) is 5.75 Å². The van der Waals surface area contributed by atoms with Crippen LogP contribution in [0.1, 0.15) is 5.56 Å². The van der Waals surface area contributed by atoms with Crippen molar-refractivity contribution in [2.24, 2.45) is 5.73 Å². The van der Waals surface area contributed by atoms with Gasteiger partial charge in [0.25, 0.3) is 0 Å². The van der Waals surface area contributed by atoms with Crippen LogP contribution in [0.3, 0.4) is 0 Å². The van der Waals surface area contributed by atoms with Crippen molar-refractivity contribution in [1.29, 1.82) is 0 Å². The second kappa shape index (κ2) is 5.72. The molecule has 0 radical (unpaired) electrons. The minimum absolute atomic E-state index is 0.00365. The molecule has 0 aliphatic carbocycles. The first-order chi connectivity index (χ1) is 7.17. The van der Waals surface area contributed by atoms with Gasteiger partial charge in [0.1, 0.15) is 5.75 Å². The van der Waals surface area contributed by atoms with Gasteiger partial charge in [-0.2, -0.15) is 0 Å². The normalized spacial score (nSPS) is 9.80. The average molecular weight is 273 g/mol. The van der Waals surface area contributed by atoms with Gasteiger partial charge in [-0.3, -0.25) is 4.79 Å². The van der Waals surface area contributed by atoms with E-state index in [0.717, 1.165) is 15.8 Å². The Hall–Kier alpha value is -1.07. The molecule has 0 saturated carbocycles. The van der Waals surface area contributed by atoms with Gasteiger partial charge in [0.2, 0.25) is 5.91 Å². The number of hydrogen-bond donors (Lipinski definition) is 2. The highest BCUT2D eigenvalue weighted by Crippen LogP contribution is 2.22. The Morgan fingerprint density at radius 3 is 2.93 bits per heavy atom. The van der Waals surface area contributed by atoms with Crippen LogP contribution in [0.15, 0.2) is 22.7 Å². The zero-order valence-electron chi connectivity index (χ0n) is 8.42.